The van der Waals surface area contributed by atoms with Gasteiger partial charge in [-0.1, -0.05) is 18.2 Å². The van der Waals surface area contributed by atoms with Gasteiger partial charge < -0.3 is 4.74 Å². The van der Waals surface area contributed by atoms with Gasteiger partial charge in [-0.15, -0.1) is 0 Å². The Morgan fingerprint density at radius 3 is 2.00 bits per heavy atom. The molecule has 0 spiro atoms. The van der Waals surface area contributed by atoms with Crippen LogP contribution in [0, 0.1) is 13.8 Å². The van der Waals surface area contributed by atoms with Crippen LogP contribution in [0.1, 0.15) is 25.0 Å². The number of nitrogens with zero attached hydrogens (tertiary/aromatic N) is 1. The fourth-order valence-corrected chi connectivity index (χ4v) is 4.25. The largest absolute Gasteiger partial charge is 0.494 e. The highest BCUT2D eigenvalue weighted by Crippen LogP contribution is 2.30. The average Bonchev–Trinajstić information content (AvgIpc) is 2.51. The monoisotopic (exact) mass is 333 g/mol. The van der Waals surface area contributed by atoms with Gasteiger partial charge in [0, 0.05) is 6.54 Å². The van der Waals surface area contributed by atoms with Crippen molar-refractivity contribution in [2.24, 2.45) is 0 Å². The van der Waals surface area contributed by atoms with E-state index in [9.17, 15) is 8.42 Å². The standard InChI is InChI=1S/C18H23NO3S/c1-5-19(18-14(3)8-7-9-15(18)4)23(20,21)17-12-10-16(11-13-17)22-6-2/h7-13H,5-6H2,1-4H3. The number of rotatable bonds is 6. The molecule has 5 heteroatoms. The maximum Gasteiger partial charge on any atom is 0.264 e. The quantitative estimate of drug-likeness (QED) is 0.805. The second-order valence-corrected chi connectivity index (χ2v) is 7.18. The van der Waals surface area contributed by atoms with Gasteiger partial charge >= 0.3 is 0 Å². The zero-order valence-electron chi connectivity index (χ0n) is 14.0. The summed E-state index contributed by atoms with van der Waals surface area (Å²) in [5.41, 5.74) is 2.65. The van der Waals surface area contributed by atoms with Crippen molar-refractivity contribution in [3.05, 3.63) is 53.6 Å². The summed E-state index contributed by atoms with van der Waals surface area (Å²) in [6.45, 7) is 8.52. The molecule has 0 saturated heterocycles. The molecule has 0 fully saturated rings. The van der Waals surface area contributed by atoms with Crippen molar-refractivity contribution in [1.29, 1.82) is 0 Å². The highest BCUT2D eigenvalue weighted by Gasteiger charge is 2.25. The number of anilines is 1. The molecule has 124 valence electrons. The van der Waals surface area contributed by atoms with E-state index in [-0.39, 0.29) is 4.90 Å². The minimum atomic E-state index is -3.60. The van der Waals surface area contributed by atoms with Gasteiger partial charge in [0.1, 0.15) is 5.75 Å². The van der Waals surface area contributed by atoms with Crippen LogP contribution in [0.5, 0.6) is 5.75 Å². The zero-order valence-corrected chi connectivity index (χ0v) is 14.9. The van der Waals surface area contributed by atoms with Gasteiger partial charge in [-0.05, 0) is 63.1 Å². The number of sulfonamides is 1. The summed E-state index contributed by atoms with van der Waals surface area (Å²) in [5, 5.41) is 0. The minimum Gasteiger partial charge on any atom is -0.494 e. The molecule has 2 aromatic rings. The molecule has 0 heterocycles. The third kappa shape index (κ3) is 3.50. The lowest BCUT2D eigenvalue weighted by Gasteiger charge is -2.26. The molecule has 0 N–H and O–H groups in total. The molecule has 0 aliphatic rings. The van der Waals surface area contributed by atoms with Gasteiger partial charge in [0.05, 0.1) is 17.2 Å². The first-order valence-corrected chi connectivity index (χ1v) is 9.17. The predicted octanol–water partition coefficient (Wildman–Crippen LogP) is 3.92. The fourth-order valence-electron chi connectivity index (χ4n) is 2.65. The Kier molecular flexibility index (Phi) is 5.31. The second-order valence-electron chi connectivity index (χ2n) is 5.31. The maximum absolute atomic E-state index is 13.0. The molecule has 2 rings (SSSR count). The molecule has 0 bridgehead atoms. The van der Waals surface area contributed by atoms with Crippen LogP contribution in [0.2, 0.25) is 0 Å². The van der Waals surface area contributed by atoms with Crippen molar-refractivity contribution < 1.29 is 13.2 Å². The molecule has 0 unspecified atom stereocenters. The average molecular weight is 333 g/mol. The van der Waals surface area contributed by atoms with Crippen molar-refractivity contribution in [2.75, 3.05) is 17.5 Å². The van der Waals surface area contributed by atoms with E-state index in [4.69, 9.17) is 4.74 Å². The van der Waals surface area contributed by atoms with Gasteiger partial charge in [0.25, 0.3) is 10.0 Å². The smallest absolute Gasteiger partial charge is 0.264 e. The van der Waals surface area contributed by atoms with Crippen molar-refractivity contribution in [1.82, 2.24) is 0 Å². The van der Waals surface area contributed by atoms with Crippen molar-refractivity contribution in [3.8, 4) is 5.75 Å². The Morgan fingerprint density at radius 2 is 1.52 bits per heavy atom. The van der Waals surface area contributed by atoms with Crippen LogP contribution in [0.15, 0.2) is 47.4 Å². The first-order valence-electron chi connectivity index (χ1n) is 7.73. The molecule has 0 aliphatic carbocycles. The molecule has 2 aromatic carbocycles. The van der Waals surface area contributed by atoms with E-state index in [0.29, 0.717) is 18.9 Å². The van der Waals surface area contributed by atoms with E-state index in [0.717, 1.165) is 16.8 Å². The Labute approximate surface area is 138 Å². The Hall–Kier alpha value is -2.01. The first-order chi connectivity index (χ1) is 10.9. The lowest BCUT2D eigenvalue weighted by atomic mass is 10.1. The van der Waals surface area contributed by atoms with Gasteiger partial charge in [0.15, 0.2) is 0 Å². The van der Waals surface area contributed by atoms with E-state index in [1.54, 1.807) is 24.3 Å². The van der Waals surface area contributed by atoms with E-state index in [1.165, 1.54) is 4.31 Å². The molecule has 4 nitrogen and oxygen atoms in total. The Bertz CT molecular complexity index is 747. The number of aryl methyl sites for hydroxylation is 2. The summed E-state index contributed by atoms with van der Waals surface area (Å²) in [7, 11) is -3.60. The predicted molar refractivity (Wildman–Crippen MR) is 93.7 cm³/mol. The normalized spacial score (nSPS) is 11.3. The molecule has 0 amide bonds. The van der Waals surface area contributed by atoms with Crippen LogP contribution in [0.4, 0.5) is 5.69 Å². The van der Waals surface area contributed by atoms with E-state index in [2.05, 4.69) is 0 Å². The van der Waals surface area contributed by atoms with Gasteiger partial charge in [-0.25, -0.2) is 8.42 Å². The molecule has 0 radical (unpaired) electrons. The van der Waals surface area contributed by atoms with Crippen LogP contribution in [0.3, 0.4) is 0 Å². The molecular weight excluding hydrogens is 310 g/mol. The highest BCUT2D eigenvalue weighted by atomic mass is 32.2. The van der Waals surface area contributed by atoms with Crippen LogP contribution in [-0.4, -0.2) is 21.6 Å². The highest BCUT2D eigenvalue weighted by molar-refractivity contribution is 7.92. The molecule has 0 aromatic heterocycles. The number of hydrogen-bond acceptors (Lipinski definition) is 3. The summed E-state index contributed by atoms with van der Waals surface area (Å²) in [5.74, 6) is 0.668. The summed E-state index contributed by atoms with van der Waals surface area (Å²) in [6, 6.07) is 12.4. The summed E-state index contributed by atoms with van der Waals surface area (Å²) >= 11 is 0. The van der Waals surface area contributed by atoms with Crippen molar-refractivity contribution in [2.45, 2.75) is 32.6 Å². The van der Waals surface area contributed by atoms with E-state index >= 15 is 0 Å². The third-order valence-electron chi connectivity index (χ3n) is 3.70. The van der Waals surface area contributed by atoms with Crippen molar-refractivity contribution >= 4 is 15.7 Å². The SMILES string of the molecule is CCOc1ccc(S(=O)(=O)N(CC)c2c(C)cccc2C)cc1. The number of benzene rings is 2. The van der Waals surface area contributed by atoms with Crippen LogP contribution in [-0.2, 0) is 10.0 Å². The molecule has 0 saturated carbocycles. The van der Waals surface area contributed by atoms with Crippen LogP contribution < -0.4 is 9.04 Å². The number of para-hydroxylation sites is 1. The third-order valence-corrected chi connectivity index (χ3v) is 5.59. The molecule has 23 heavy (non-hydrogen) atoms. The molecular formula is C18H23NO3S. The van der Waals surface area contributed by atoms with E-state index in [1.807, 2.05) is 45.9 Å². The van der Waals surface area contributed by atoms with Crippen LogP contribution >= 0.6 is 0 Å². The van der Waals surface area contributed by atoms with Crippen molar-refractivity contribution in [3.63, 3.8) is 0 Å². The first kappa shape index (κ1) is 17.3. The van der Waals surface area contributed by atoms with Gasteiger partial charge in [0.2, 0.25) is 0 Å². The maximum atomic E-state index is 13.0. The number of ether oxygens (including phenoxy) is 1. The van der Waals surface area contributed by atoms with E-state index < -0.39 is 10.0 Å². The summed E-state index contributed by atoms with van der Waals surface area (Å²) < 4.78 is 32.9. The van der Waals surface area contributed by atoms with Gasteiger partial charge in [-0.2, -0.15) is 0 Å². The number of hydrogen-bond donors (Lipinski definition) is 0. The second kappa shape index (κ2) is 7.04. The lowest BCUT2D eigenvalue weighted by molar-refractivity contribution is 0.340. The van der Waals surface area contributed by atoms with Crippen LogP contribution in [0.25, 0.3) is 0 Å². The summed E-state index contributed by atoms with van der Waals surface area (Å²) in [4.78, 5) is 0.269. The fraction of sp³-hybridized carbons (Fsp3) is 0.333. The summed E-state index contributed by atoms with van der Waals surface area (Å²) in [6.07, 6.45) is 0. The molecule has 0 atom stereocenters. The Balaban J connectivity index is 2.47. The topological polar surface area (TPSA) is 46.6 Å². The zero-order chi connectivity index (χ0) is 17.0. The van der Waals surface area contributed by atoms with Gasteiger partial charge in [-0.3, -0.25) is 4.31 Å². The minimum absolute atomic E-state index is 0.269. The lowest BCUT2D eigenvalue weighted by Crippen LogP contribution is -2.32. The molecule has 0 aliphatic heterocycles. The Morgan fingerprint density at radius 1 is 0.957 bits per heavy atom.